The Kier molecular flexibility index (Phi) is 3.98. The van der Waals surface area contributed by atoms with Gasteiger partial charge in [0, 0.05) is 8.95 Å². The molecule has 0 bridgehead atoms. The van der Waals surface area contributed by atoms with Gasteiger partial charge in [0.25, 0.3) is 5.91 Å². The van der Waals surface area contributed by atoms with Crippen LogP contribution < -0.4 is 11.1 Å². The van der Waals surface area contributed by atoms with Gasteiger partial charge in [-0.25, -0.2) is 4.98 Å². The van der Waals surface area contributed by atoms with Crippen LogP contribution in [0.1, 0.15) is 10.5 Å². The molecule has 6 heteroatoms. The molecular formula is C12H9Br2N3O. The second kappa shape index (κ2) is 5.49. The van der Waals surface area contributed by atoms with Crippen LogP contribution in [0.15, 0.2) is 45.3 Å². The molecule has 4 nitrogen and oxygen atoms in total. The lowest BCUT2D eigenvalue weighted by molar-refractivity contribution is 0.102. The molecule has 0 saturated carbocycles. The van der Waals surface area contributed by atoms with Crippen LogP contribution >= 0.6 is 31.9 Å². The standard InChI is InChI=1S/C12H9Br2N3O/c13-7-3-1-4-8(14)11(7)17-12(18)9-5-2-6-10(15)16-9/h1-6H,(H2,15,16)(H,17,18). The molecule has 1 aromatic carbocycles. The lowest BCUT2D eigenvalue weighted by Crippen LogP contribution is -2.14. The van der Waals surface area contributed by atoms with Crippen molar-refractivity contribution in [3.8, 4) is 0 Å². The summed E-state index contributed by atoms with van der Waals surface area (Å²) in [5, 5.41) is 2.77. The summed E-state index contributed by atoms with van der Waals surface area (Å²) in [6.07, 6.45) is 0. The number of hydrogen-bond acceptors (Lipinski definition) is 3. The van der Waals surface area contributed by atoms with Crippen molar-refractivity contribution in [3.05, 3.63) is 51.0 Å². The molecule has 0 spiro atoms. The van der Waals surface area contributed by atoms with Crippen molar-refractivity contribution in [3.63, 3.8) is 0 Å². The van der Waals surface area contributed by atoms with E-state index < -0.39 is 0 Å². The van der Waals surface area contributed by atoms with Gasteiger partial charge in [-0.2, -0.15) is 0 Å². The summed E-state index contributed by atoms with van der Waals surface area (Å²) >= 11 is 6.75. The van der Waals surface area contributed by atoms with Crippen molar-refractivity contribution in [2.45, 2.75) is 0 Å². The third-order valence-corrected chi connectivity index (χ3v) is 3.53. The number of para-hydroxylation sites is 1. The first-order chi connectivity index (χ1) is 8.58. The Labute approximate surface area is 121 Å². The Morgan fingerprint density at radius 3 is 2.33 bits per heavy atom. The highest BCUT2D eigenvalue weighted by molar-refractivity contribution is 9.11. The van der Waals surface area contributed by atoms with E-state index in [9.17, 15) is 4.79 Å². The van der Waals surface area contributed by atoms with Crippen LogP contribution in [0, 0.1) is 0 Å². The molecule has 1 heterocycles. The topological polar surface area (TPSA) is 68.0 Å². The zero-order valence-electron chi connectivity index (χ0n) is 9.15. The number of hydrogen-bond donors (Lipinski definition) is 2. The summed E-state index contributed by atoms with van der Waals surface area (Å²) in [6, 6.07) is 10.5. The van der Waals surface area contributed by atoms with Crippen LogP contribution in [0.2, 0.25) is 0 Å². The molecule has 92 valence electrons. The Bertz CT molecular complexity index is 581. The Balaban J connectivity index is 2.27. The number of nitrogens with zero attached hydrogens (tertiary/aromatic N) is 1. The average molecular weight is 371 g/mol. The first kappa shape index (κ1) is 13.0. The van der Waals surface area contributed by atoms with E-state index in [-0.39, 0.29) is 11.6 Å². The molecule has 1 aromatic heterocycles. The predicted octanol–water partition coefficient (Wildman–Crippen LogP) is 3.44. The highest BCUT2D eigenvalue weighted by atomic mass is 79.9. The summed E-state index contributed by atoms with van der Waals surface area (Å²) in [7, 11) is 0. The largest absolute Gasteiger partial charge is 0.384 e. The number of carbonyl (C=O) groups excluding carboxylic acids is 1. The molecule has 0 aliphatic rings. The van der Waals surface area contributed by atoms with Gasteiger partial charge >= 0.3 is 0 Å². The van der Waals surface area contributed by atoms with E-state index in [0.29, 0.717) is 11.5 Å². The van der Waals surface area contributed by atoms with Gasteiger partial charge < -0.3 is 11.1 Å². The van der Waals surface area contributed by atoms with Crippen molar-refractivity contribution < 1.29 is 4.79 Å². The average Bonchev–Trinajstić information content (AvgIpc) is 2.34. The molecule has 18 heavy (non-hydrogen) atoms. The molecule has 0 aliphatic heterocycles. The first-order valence-corrected chi connectivity index (χ1v) is 6.64. The number of anilines is 2. The molecule has 0 fully saturated rings. The zero-order chi connectivity index (χ0) is 13.1. The van der Waals surface area contributed by atoms with Gasteiger partial charge in [0.1, 0.15) is 11.5 Å². The minimum absolute atomic E-state index is 0.276. The van der Waals surface area contributed by atoms with Crippen molar-refractivity contribution >= 4 is 49.3 Å². The minimum atomic E-state index is -0.310. The van der Waals surface area contributed by atoms with Gasteiger partial charge in [-0.05, 0) is 56.1 Å². The number of rotatable bonds is 2. The summed E-state index contributed by atoms with van der Waals surface area (Å²) in [5.74, 6) is 0.00347. The van der Waals surface area contributed by atoms with Gasteiger partial charge in [0.2, 0.25) is 0 Å². The summed E-state index contributed by atoms with van der Waals surface area (Å²) < 4.78 is 1.57. The van der Waals surface area contributed by atoms with Crippen molar-refractivity contribution in [2.24, 2.45) is 0 Å². The van der Waals surface area contributed by atoms with E-state index in [1.54, 1.807) is 18.2 Å². The smallest absolute Gasteiger partial charge is 0.274 e. The van der Waals surface area contributed by atoms with Crippen LogP contribution in [0.4, 0.5) is 11.5 Å². The number of nitrogens with one attached hydrogen (secondary N) is 1. The van der Waals surface area contributed by atoms with Gasteiger partial charge in [-0.15, -0.1) is 0 Å². The SMILES string of the molecule is Nc1cccc(C(=O)Nc2c(Br)cccc2Br)n1. The molecule has 0 atom stereocenters. The van der Waals surface area contributed by atoms with Crippen LogP contribution in [0.5, 0.6) is 0 Å². The minimum Gasteiger partial charge on any atom is -0.384 e. The van der Waals surface area contributed by atoms with Crippen molar-refractivity contribution in [2.75, 3.05) is 11.1 Å². The fourth-order valence-corrected chi connectivity index (χ4v) is 2.57. The summed E-state index contributed by atoms with van der Waals surface area (Å²) in [6.45, 7) is 0. The fourth-order valence-electron chi connectivity index (χ4n) is 1.37. The Morgan fingerprint density at radius 1 is 1.11 bits per heavy atom. The van der Waals surface area contributed by atoms with Crippen molar-refractivity contribution in [1.82, 2.24) is 4.98 Å². The number of carbonyl (C=O) groups is 1. The molecule has 1 amide bonds. The number of aromatic nitrogens is 1. The van der Waals surface area contributed by atoms with E-state index in [1.807, 2.05) is 18.2 Å². The van der Waals surface area contributed by atoms with Gasteiger partial charge in [0.15, 0.2) is 0 Å². The molecule has 0 unspecified atom stereocenters. The zero-order valence-corrected chi connectivity index (χ0v) is 12.3. The molecule has 3 N–H and O–H groups in total. The Morgan fingerprint density at radius 2 is 1.72 bits per heavy atom. The summed E-state index contributed by atoms with van der Waals surface area (Å²) in [4.78, 5) is 16.0. The lowest BCUT2D eigenvalue weighted by atomic mass is 10.3. The second-order valence-electron chi connectivity index (χ2n) is 3.50. The maximum atomic E-state index is 12.0. The van der Waals surface area contributed by atoms with Gasteiger partial charge in [-0.3, -0.25) is 4.79 Å². The van der Waals surface area contributed by atoms with E-state index in [0.717, 1.165) is 8.95 Å². The number of nitrogens with two attached hydrogens (primary N) is 1. The van der Waals surface area contributed by atoms with Gasteiger partial charge in [-0.1, -0.05) is 12.1 Å². The number of amides is 1. The Hall–Kier alpha value is -1.40. The van der Waals surface area contributed by atoms with E-state index in [1.165, 1.54) is 0 Å². The molecular weight excluding hydrogens is 362 g/mol. The molecule has 0 aliphatic carbocycles. The summed E-state index contributed by atoms with van der Waals surface area (Å²) in [5.41, 5.74) is 6.47. The van der Waals surface area contributed by atoms with Crippen LogP contribution in [-0.4, -0.2) is 10.9 Å². The quantitative estimate of drug-likeness (QED) is 0.850. The molecule has 2 aromatic rings. The third-order valence-electron chi connectivity index (χ3n) is 2.20. The number of pyridine rings is 1. The fraction of sp³-hybridized carbons (Fsp3) is 0. The van der Waals surface area contributed by atoms with Crippen LogP contribution in [0.25, 0.3) is 0 Å². The third kappa shape index (κ3) is 2.88. The molecule has 2 rings (SSSR count). The molecule has 0 radical (unpaired) electrons. The van der Waals surface area contributed by atoms with Crippen LogP contribution in [-0.2, 0) is 0 Å². The lowest BCUT2D eigenvalue weighted by Gasteiger charge is -2.09. The van der Waals surface area contributed by atoms with Gasteiger partial charge in [0.05, 0.1) is 5.69 Å². The first-order valence-electron chi connectivity index (χ1n) is 5.06. The maximum absolute atomic E-state index is 12.0. The number of nitrogen functional groups attached to an aromatic ring is 1. The molecule has 0 saturated heterocycles. The number of halogens is 2. The second-order valence-corrected chi connectivity index (χ2v) is 5.21. The predicted molar refractivity (Wildman–Crippen MR) is 78.4 cm³/mol. The van der Waals surface area contributed by atoms with E-state index >= 15 is 0 Å². The van der Waals surface area contributed by atoms with Crippen LogP contribution in [0.3, 0.4) is 0 Å². The monoisotopic (exact) mass is 369 g/mol. The van der Waals surface area contributed by atoms with E-state index in [4.69, 9.17) is 5.73 Å². The maximum Gasteiger partial charge on any atom is 0.274 e. The number of benzene rings is 1. The van der Waals surface area contributed by atoms with Crippen molar-refractivity contribution in [1.29, 1.82) is 0 Å². The highest BCUT2D eigenvalue weighted by Gasteiger charge is 2.11. The highest BCUT2D eigenvalue weighted by Crippen LogP contribution is 2.30. The normalized spacial score (nSPS) is 10.1. The van der Waals surface area contributed by atoms with E-state index in [2.05, 4.69) is 42.2 Å².